The van der Waals surface area contributed by atoms with E-state index in [1.807, 2.05) is 37.3 Å². The van der Waals surface area contributed by atoms with Gasteiger partial charge in [-0.2, -0.15) is 0 Å². The molecule has 0 heterocycles. The molecule has 1 aliphatic rings. The van der Waals surface area contributed by atoms with Gasteiger partial charge in [-0.3, -0.25) is 0 Å². The number of carbonyl (C=O) groups excluding carboxylic acids is 1. The van der Waals surface area contributed by atoms with Crippen LogP contribution in [0, 0.1) is 12.8 Å². The summed E-state index contributed by atoms with van der Waals surface area (Å²) in [6, 6.07) is 14.1. The summed E-state index contributed by atoms with van der Waals surface area (Å²) in [7, 11) is -2.07. The number of hydrogen-bond acceptors (Lipinski definition) is 5. The zero-order valence-electron chi connectivity index (χ0n) is 18.8. The third-order valence-corrected chi connectivity index (χ3v) is 7.57. The number of sulfone groups is 1. The molecule has 1 unspecified atom stereocenters. The monoisotopic (exact) mass is 456 g/mol. The van der Waals surface area contributed by atoms with Crippen LogP contribution >= 0.6 is 0 Å². The number of aryl methyl sites for hydroxylation is 1. The molecule has 0 aliphatic heterocycles. The van der Waals surface area contributed by atoms with E-state index >= 15 is 0 Å². The van der Waals surface area contributed by atoms with E-state index in [1.165, 1.54) is 13.5 Å². The Kier molecular flexibility index (Phi) is 8.51. The Morgan fingerprint density at radius 2 is 1.78 bits per heavy atom. The van der Waals surface area contributed by atoms with E-state index in [0.717, 1.165) is 31.2 Å². The summed E-state index contributed by atoms with van der Waals surface area (Å²) in [5, 5.41) is 0. The van der Waals surface area contributed by atoms with Gasteiger partial charge in [0.1, 0.15) is 16.7 Å². The van der Waals surface area contributed by atoms with Gasteiger partial charge in [0, 0.05) is 6.42 Å². The molecule has 2 aromatic carbocycles. The van der Waals surface area contributed by atoms with Crippen LogP contribution in [-0.4, -0.2) is 33.4 Å². The molecule has 3 rings (SSSR count). The highest BCUT2D eigenvalue weighted by molar-refractivity contribution is 7.91. The zero-order chi connectivity index (χ0) is 23.0. The molecule has 5 nitrogen and oxygen atoms in total. The Bertz CT molecular complexity index is 1020. The molecule has 0 bridgehead atoms. The van der Waals surface area contributed by atoms with Crippen LogP contribution in [0.3, 0.4) is 0 Å². The van der Waals surface area contributed by atoms with Crippen molar-refractivity contribution in [3.05, 3.63) is 71.8 Å². The van der Waals surface area contributed by atoms with Gasteiger partial charge in [-0.15, -0.1) is 0 Å². The predicted molar refractivity (Wildman–Crippen MR) is 126 cm³/mol. The second-order valence-electron chi connectivity index (χ2n) is 8.35. The highest BCUT2D eigenvalue weighted by Crippen LogP contribution is 2.30. The lowest BCUT2D eigenvalue weighted by Crippen LogP contribution is -2.28. The smallest absolute Gasteiger partial charge is 0.338 e. The fourth-order valence-electron chi connectivity index (χ4n) is 4.16. The van der Waals surface area contributed by atoms with Crippen molar-refractivity contribution in [2.45, 2.75) is 56.4 Å². The number of benzene rings is 2. The second-order valence-corrected chi connectivity index (χ2v) is 10.4. The maximum absolute atomic E-state index is 12.9. The number of ether oxygens (including phenoxy) is 2. The molecule has 1 fully saturated rings. The summed E-state index contributed by atoms with van der Waals surface area (Å²) in [6.45, 7) is 1.85. The Hall–Kier alpha value is -2.60. The number of methoxy groups -OCH3 is 1. The Labute approximate surface area is 191 Å². The molecule has 1 saturated carbocycles. The van der Waals surface area contributed by atoms with Gasteiger partial charge in [0.25, 0.3) is 0 Å². The normalized spacial score (nSPS) is 16.1. The van der Waals surface area contributed by atoms with E-state index in [4.69, 9.17) is 9.47 Å². The van der Waals surface area contributed by atoms with E-state index < -0.39 is 9.84 Å². The number of rotatable bonds is 9. The Morgan fingerprint density at radius 3 is 2.47 bits per heavy atom. The van der Waals surface area contributed by atoms with Crippen molar-refractivity contribution >= 4 is 15.8 Å². The minimum atomic E-state index is -3.53. The first-order valence-corrected chi connectivity index (χ1v) is 12.8. The van der Waals surface area contributed by atoms with Crippen molar-refractivity contribution in [2.75, 3.05) is 12.9 Å². The van der Waals surface area contributed by atoms with Gasteiger partial charge in [-0.05, 0) is 55.5 Å². The van der Waals surface area contributed by atoms with Gasteiger partial charge < -0.3 is 9.47 Å². The van der Waals surface area contributed by atoms with E-state index in [1.54, 1.807) is 30.3 Å². The minimum absolute atomic E-state index is 0.128. The largest absolute Gasteiger partial charge is 0.495 e. The second kappa shape index (κ2) is 11.3. The minimum Gasteiger partial charge on any atom is -0.495 e. The molecule has 1 aliphatic carbocycles. The summed E-state index contributed by atoms with van der Waals surface area (Å²) in [4.78, 5) is 12.8. The fraction of sp³-hybridized carbons (Fsp3) is 0.423. The van der Waals surface area contributed by atoms with Gasteiger partial charge in [-0.25, -0.2) is 13.2 Å². The zero-order valence-corrected chi connectivity index (χ0v) is 19.6. The summed E-state index contributed by atoms with van der Waals surface area (Å²) >= 11 is 0. The lowest BCUT2D eigenvalue weighted by atomic mass is 9.84. The lowest BCUT2D eigenvalue weighted by Gasteiger charge is -2.29. The van der Waals surface area contributed by atoms with Crippen LogP contribution in [-0.2, 0) is 14.6 Å². The average molecular weight is 457 g/mol. The molecule has 0 saturated heterocycles. The molecule has 0 amide bonds. The van der Waals surface area contributed by atoms with Crippen LogP contribution in [0.15, 0.2) is 65.6 Å². The van der Waals surface area contributed by atoms with E-state index in [2.05, 4.69) is 0 Å². The molecule has 2 aromatic rings. The van der Waals surface area contributed by atoms with E-state index in [0.29, 0.717) is 23.7 Å². The Morgan fingerprint density at radius 1 is 1.06 bits per heavy atom. The first-order chi connectivity index (χ1) is 15.4. The lowest BCUT2D eigenvalue weighted by molar-refractivity contribution is 0.00877. The maximum atomic E-state index is 12.9. The SMILES string of the molecule is COc1ccc(C)cc1S(=O)(=O)C/C=C/CC(OC(=O)c1ccccc1)C1CCCCC1. The van der Waals surface area contributed by atoms with Crippen LogP contribution < -0.4 is 4.74 Å². The quantitative estimate of drug-likeness (QED) is 0.367. The number of hydrogen-bond donors (Lipinski definition) is 0. The third-order valence-electron chi connectivity index (χ3n) is 5.95. The molecular weight excluding hydrogens is 424 g/mol. The van der Waals surface area contributed by atoms with E-state index in [9.17, 15) is 13.2 Å². The summed E-state index contributed by atoms with van der Waals surface area (Å²) < 4.78 is 36.8. The van der Waals surface area contributed by atoms with Crippen LogP contribution in [0.25, 0.3) is 0 Å². The third kappa shape index (κ3) is 6.45. The molecule has 6 heteroatoms. The molecule has 0 radical (unpaired) electrons. The number of esters is 1. The van der Waals surface area contributed by atoms with Gasteiger partial charge >= 0.3 is 5.97 Å². The fourth-order valence-corrected chi connectivity index (χ4v) is 5.56. The highest BCUT2D eigenvalue weighted by Gasteiger charge is 2.26. The maximum Gasteiger partial charge on any atom is 0.338 e. The van der Waals surface area contributed by atoms with Gasteiger partial charge in [-0.1, -0.05) is 55.7 Å². The van der Waals surface area contributed by atoms with Gasteiger partial charge in [0.05, 0.1) is 18.4 Å². The van der Waals surface area contributed by atoms with Gasteiger partial charge in [0.15, 0.2) is 9.84 Å². The van der Waals surface area contributed by atoms with Gasteiger partial charge in [0.2, 0.25) is 0 Å². The Balaban J connectivity index is 1.68. The average Bonchev–Trinajstić information content (AvgIpc) is 2.82. The predicted octanol–water partition coefficient (Wildman–Crippen LogP) is 5.53. The van der Waals surface area contributed by atoms with E-state index in [-0.39, 0.29) is 22.7 Å². The molecular formula is C26H32O5S. The van der Waals surface area contributed by atoms with Crippen LogP contribution in [0.1, 0.15) is 54.4 Å². The topological polar surface area (TPSA) is 69.7 Å². The highest BCUT2D eigenvalue weighted by atomic mass is 32.2. The van der Waals surface area contributed by atoms with Crippen molar-refractivity contribution in [3.8, 4) is 5.75 Å². The summed E-state index contributed by atoms with van der Waals surface area (Å²) in [5.74, 6) is 0.193. The van der Waals surface area contributed by atoms with Crippen molar-refractivity contribution in [1.82, 2.24) is 0 Å². The molecule has 1 atom stereocenters. The van der Waals surface area contributed by atoms with Crippen molar-refractivity contribution in [2.24, 2.45) is 5.92 Å². The molecule has 32 heavy (non-hydrogen) atoms. The molecule has 0 N–H and O–H groups in total. The van der Waals surface area contributed by atoms with Crippen molar-refractivity contribution in [1.29, 1.82) is 0 Å². The molecule has 0 aromatic heterocycles. The standard InChI is InChI=1S/C26H32O5S/c1-20-16-17-24(30-2)25(19-20)32(28,29)18-10-9-15-23(21-11-5-3-6-12-21)31-26(27)22-13-7-4-8-14-22/h4,7-10,13-14,16-17,19,21,23H,3,5-6,11-12,15,18H2,1-2H3/b10-9+. The van der Waals surface area contributed by atoms with Crippen LogP contribution in [0.5, 0.6) is 5.75 Å². The number of carbonyl (C=O) groups is 1. The first kappa shape index (κ1) is 24.1. The summed E-state index contributed by atoms with van der Waals surface area (Å²) in [6.07, 6.45) is 9.27. The van der Waals surface area contributed by atoms with Crippen LogP contribution in [0.4, 0.5) is 0 Å². The first-order valence-electron chi connectivity index (χ1n) is 11.2. The van der Waals surface area contributed by atoms with Crippen molar-refractivity contribution < 1.29 is 22.7 Å². The molecule has 0 spiro atoms. The molecule has 172 valence electrons. The summed E-state index contributed by atoms with van der Waals surface area (Å²) in [5.41, 5.74) is 1.39. The van der Waals surface area contributed by atoms with Crippen molar-refractivity contribution in [3.63, 3.8) is 0 Å². The van der Waals surface area contributed by atoms with Crippen LogP contribution in [0.2, 0.25) is 0 Å².